The predicted octanol–water partition coefficient (Wildman–Crippen LogP) is 1.43. The Morgan fingerprint density at radius 3 is 2.75 bits per heavy atom. The summed E-state index contributed by atoms with van der Waals surface area (Å²) in [5, 5.41) is 10.5. The molecule has 0 spiro atoms. The van der Waals surface area contributed by atoms with Crippen molar-refractivity contribution in [3.8, 4) is 0 Å². The first-order valence-corrected chi connectivity index (χ1v) is 7.11. The third-order valence-corrected chi connectivity index (χ3v) is 2.97. The summed E-state index contributed by atoms with van der Waals surface area (Å²) in [6, 6.07) is 0. The summed E-state index contributed by atoms with van der Waals surface area (Å²) >= 11 is 0. The summed E-state index contributed by atoms with van der Waals surface area (Å²) < 4.78 is 10.2. The molecular weight excluding hydrogens is 256 g/mol. The zero-order valence-electron chi connectivity index (χ0n) is 13.0. The summed E-state index contributed by atoms with van der Waals surface area (Å²) in [6.07, 6.45) is 1.81. The van der Waals surface area contributed by atoms with Crippen molar-refractivity contribution in [3.63, 3.8) is 0 Å². The molecule has 0 aliphatic rings. The van der Waals surface area contributed by atoms with E-state index in [1.54, 1.807) is 7.11 Å². The highest BCUT2D eigenvalue weighted by Gasteiger charge is 2.08. The van der Waals surface area contributed by atoms with Gasteiger partial charge in [0.1, 0.15) is 5.76 Å². The fourth-order valence-electron chi connectivity index (χ4n) is 1.91. The molecule has 114 valence electrons. The van der Waals surface area contributed by atoms with E-state index in [1.807, 2.05) is 13.8 Å². The van der Waals surface area contributed by atoms with Crippen LogP contribution in [0.15, 0.2) is 9.52 Å². The summed E-state index contributed by atoms with van der Waals surface area (Å²) in [5.41, 5.74) is 2.14. The van der Waals surface area contributed by atoms with Crippen molar-refractivity contribution in [1.29, 1.82) is 0 Å². The van der Waals surface area contributed by atoms with E-state index in [0.29, 0.717) is 0 Å². The number of aromatic nitrogens is 1. The highest BCUT2D eigenvalue weighted by Crippen LogP contribution is 2.11. The molecule has 0 radical (unpaired) electrons. The first kappa shape index (κ1) is 16.5. The van der Waals surface area contributed by atoms with Crippen molar-refractivity contribution < 1.29 is 9.26 Å². The van der Waals surface area contributed by atoms with Crippen molar-refractivity contribution in [1.82, 2.24) is 15.8 Å². The maximum absolute atomic E-state index is 5.15. The van der Waals surface area contributed by atoms with Gasteiger partial charge in [-0.25, -0.2) is 0 Å². The second kappa shape index (κ2) is 9.36. The van der Waals surface area contributed by atoms with E-state index in [0.717, 1.165) is 56.5 Å². The molecule has 0 unspecified atom stereocenters. The fourth-order valence-corrected chi connectivity index (χ4v) is 1.91. The molecule has 0 bridgehead atoms. The minimum absolute atomic E-state index is 0.738. The average molecular weight is 282 g/mol. The maximum Gasteiger partial charge on any atom is 0.191 e. The Hall–Kier alpha value is -1.56. The van der Waals surface area contributed by atoms with Gasteiger partial charge in [-0.3, -0.25) is 4.99 Å². The monoisotopic (exact) mass is 282 g/mol. The number of nitrogens with one attached hydrogen (secondary N) is 2. The van der Waals surface area contributed by atoms with E-state index in [2.05, 4.69) is 27.7 Å². The van der Waals surface area contributed by atoms with Crippen molar-refractivity contribution in [3.05, 3.63) is 17.0 Å². The lowest BCUT2D eigenvalue weighted by Gasteiger charge is -2.11. The van der Waals surface area contributed by atoms with E-state index >= 15 is 0 Å². The van der Waals surface area contributed by atoms with Gasteiger partial charge < -0.3 is 19.9 Å². The Balaban J connectivity index is 2.38. The van der Waals surface area contributed by atoms with Gasteiger partial charge in [-0.1, -0.05) is 5.16 Å². The van der Waals surface area contributed by atoms with Gasteiger partial charge in [-0.15, -0.1) is 0 Å². The van der Waals surface area contributed by atoms with Crippen molar-refractivity contribution >= 4 is 5.96 Å². The van der Waals surface area contributed by atoms with Gasteiger partial charge in [0.05, 0.1) is 5.69 Å². The second-order valence-electron chi connectivity index (χ2n) is 4.59. The lowest BCUT2D eigenvalue weighted by molar-refractivity contribution is 0.197. The molecule has 0 aliphatic carbocycles. The molecule has 0 saturated carbocycles. The summed E-state index contributed by atoms with van der Waals surface area (Å²) in [4.78, 5) is 4.49. The lowest BCUT2D eigenvalue weighted by Crippen LogP contribution is -2.38. The molecule has 1 aromatic rings. The van der Waals surface area contributed by atoms with Crippen LogP contribution in [0.5, 0.6) is 0 Å². The van der Waals surface area contributed by atoms with Gasteiger partial charge in [-0.05, 0) is 33.6 Å². The number of ether oxygens (including phenoxy) is 1. The second-order valence-corrected chi connectivity index (χ2v) is 4.59. The zero-order chi connectivity index (χ0) is 14.8. The molecule has 1 rings (SSSR count). The van der Waals surface area contributed by atoms with Crippen LogP contribution in [-0.4, -0.2) is 44.5 Å². The van der Waals surface area contributed by atoms with E-state index in [4.69, 9.17) is 9.26 Å². The van der Waals surface area contributed by atoms with Crippen LogP contribution < -0.4 is 10.6 Å². The molecule has 0 amide bonds. The first-order chi connectivity index (χ1) is 9.69. The van der Waals surface area contributed by atoms with E-state index in [1.165, 1.54) is 5.56 Å². The van der Waals surface area contributed by atoms with Crippen molar-refractivity contribution in [2.24, 2.45) is 4.99 Å². The van der Waals surface area contributed by atoms with Gasteiger partial charge in [0, 0.05) is 38.9 Å². The van der Waals surface area contributed by atoms with Crippen LogP contribution >= 0.6 is 0 Å². The molecular formula is C14H26N4O2. The zero-order valence-corrected chi connectivity index (χ0v) is 13.0. The summed E-state index contributed by atoms with van der Waals surface area (Å²) in [6.45, 7) is 9.12. The Morgan fingerprint density at radius 1 is 1.35 bits per heavy atom. The Morgan fingerprint density at radius 2 is 2.15 bits per heavy atom. The van der Waals surface area contributed by atoms with Gasteiger partial charge in [0.15, 0.2) is 5.96 Å². The van der Waals surface area contributed by atoms with Gasteiger partial charge in [0.25, 0.3) is 0 Å². The fraction of sp³-hybridized carbons (Fsp3) is 0.714. The number of nitrogens with zero attached hydrogens (tertiary/aromatic N) is 2. The molecule has 6 nitrogen and oxygen atoms in total. The molecule has 0 aliphatic heterocycles. The van der Waals surface area contributed by atoms with Gasteiger partial charge in [-0.2, -0.15) is 0 Å². The highest BCUT2D eigenvalue weighted by atomic mass is 16.5. The number of hydrogen-bond acceptors (Lipinski definition) is 4. The normalized spacial score (nSPS) is 11.7. The minimum atomic E-state index is 0.738. The molecule has 1 heterocycles. The Labute approximate surface area is 121 Å². The SMILES string of the molecule is CCNC(=NCCCOC)NCCc1c(C)noc1C. The molecule has 1 aromatic heterocycles. The first-order valence-electron chi connectivity index (χ1n) is 7.11. The standard InChI is InChI=1S/C14H26N4O2/c1-5-15-14(16-8-6-10-19-4)17-9-7-13-11(2)18-20-12(13)3/h5-10H2,1-4H3,(H2,15,16,17). The Kier molecular flexibility index (Phi) is 7.72. The van der Waals surface area contributed by atoms with Crippen LogP contribution in [-0.2, 0) is 11.2 Å². The molecule has 0 aromatic carbocycles. The number of methoxy groups -OCH3 is 1. The number of aryl methyl sites for hydroxylation is 2. The largest absolute Gasteiger partial charge is 0.385 e. The van der Waals surface area contributed by atoms with Crippen molar-refractivity contribution in [2.75, 3.05) is 33.4 Å². The molecule has 6 heteroatoms. The topological polar surface area (TPSA) is 71.7 Å². The quantitative estimate of drug-likeness (QED) is 0.429. The average Bonchev–Trinajstić information content (AvgIpc) is 2.75. The van der Waals surface area contributed by atoms with Crippen LogP contribution in [0.1, 0.15) is 30.4 Å². The molecule has 0 saturated heterocycles. The minimum Gasteiger partial charge on any atom is -0.385 e. The third-order valence-electron chi connectivity index (χ3n) is 2.97. The molecule has 2 N–H and O–H groups in total. The number of rotatable bonds is 8. The summed E-state index contributed by atoms with van der Waals surface area (Å²) in [5.74, 6) is 1.74. The van der Waals surface area contributed by atoms with E-state index < -0.39 is 0 Å². The number of hydrogen-bond donors (Lipinski definition) is 2. The number of guanidine groups is 1. The maximum atomic E-state index is 5.15. The smallest absolute Gasteiger partial charge is 0.191 e. The molecule has 20 heavy (non-hydrogen) atoms. The highest BCUT2D eigenvalue weighted by molar-refractivity contribution is 5.79. The predicted molar refractivity (Wildman–Crippen MR) is 80.2 cm³/mol. The summed E-state index contributed by atoms with van der Waals surface area (Å²) in [7, 11) is 1.71. The number of aliphatic imine (C=N–C) groups is 1. The third kappa shape index (κ3) is 5.61. The molecule has 0 atom stereocenters. The lowest BCUT2D eigenvalue weighted by atomic mass is 10.1. The van der Waals surface area contributed by atoms with Crippen LogP contribution in [0.3, 0.4) is 0 Å². The van der Waals surface area contributed by atoms with E-state index in [9.17, 15) is 0 Å². The van der Waals surface area contributed by atoms with Crippen LogP contribution in [0, 0.1) is 13.8 Å². The van der Waals surface area contributed by atoms with Crippen molar-refractivity contribution in [2.45, 2.75) is 33.6 Å². The van der Waals surface area contributed by atoms with E-state index in [-0.39, 0.29) is 0 Å². The molecule has 0 fully saturated rings. The van der Waals surface area contributed by atoms with Gasteiger partial charge in [0.2, 0.25) is 0 Å². The Bertz CT molecular complexity index is 396. The van der Waals surface area contributed by atoms with Crippen LogP contribution in [0.25, 0.3) is 0 Å². The van der Waals surface area contributed by atoms with Gasteiger partial charge >= 0.3 is 0 Å². The van der Waals surface area contributed by atoms with Crippen LogP contribution in [0.4, 0.5) is 0 Å². The van der Waals surface area contributed by atoms with Crippen LogP contribution in [0.2, 0.25) is 0 Å².